The number of ketones is 1. The molecule has 1 aliphatic rings. The summed E-state index contributed by atoms with van der Waals surface area (Å²) in [4.78, 5) is 14.4. The maximum atomic E-state index is 12.0. The highest BCUT2D eigenvalue weighted by atomic mass is 16.1. The van der Waals surface area contributed by atoms with Gasteiger partial charge in [0.15, 0.2) is 5.78 Å². The molecule has 0 aromatic rings. The predicted molar refractivity (Wildman–Crippen MR) is 59.3 cm³/mol. The van der Waals surface area contributed by atoms with Crippen molar-refractivity contribution in [1.82, 2.24) is 4.90 Å². The second kappa shape index (κ2) is 4.43. The van der Waals surface area contributed by atoms with Gasteiger partial charge in [-0.2, -0.15) is 0 Å². The van der Waals surface area contributed by atoms with Gasteiger partial charge in [-0.3, -0.25) is 9.69 Å². The number of hydrogen-bond donors (Lipinski definition) is 0. The van der Waals surface area contributed by atoms with Crippen LogP contribution >= 0.6 is 0 Å². The third-order valence-corrected chi connectivity index (χ3v) is 3.26. The van der Waals surface area contributed by atoms with Gasteiger partial charge < -0.3 is 0 Å². The van der Waals surface area contributed by atoms with Gasteiger partial charge in [0.25, 0.3) is 0 Å². The maximum Gasteiger partial charge on any atom is 0.152 e. The van der Waals surface area contributed by atoms with Crippen LogP contribution in [0.3, 0.4) is 0 Å². The quantitative estimate of drug-likeness (QED) is 0.692. The van der Waals surface area contributed by atoms with E-state index < -0.39 is 0 Å². The monoisotopic (exact) mass is 197 g/mol. The van der Waals surface area contributed by atoms with Crippen LogP contribution in [0.2, 0.25) is 0 Å². The van der Waals surface area contributed by atoms with Gasteiger partial charge in [0.05, 0.1) is 6.04 Å². The van der Waals surface area contributed by atoms with Crippen LogP contribution in [0.25, 0.3) is 0 Å². The molecular weight excluding hydrogens is 174 g/mol. The first-order valence-electron chi connectivity index (χ1n) is 5.74. The van der Waals surface area contributed by atoms with E-state index in [1.165, 1.54) is 6.42 Å². The Balaban J connectivity index is 2.76. The Morgan fingerprint density at radius 1 is 1.29 bits per heavy atom. The third kappa shape index (κ3) is 2.17. The lowest BCUT2D eigenvalue weighted by Crippen LogP contribution is -2.44. The minimum atomic E-state index is 0.168. The number of hydrogen-bond acceptors (Lipinski definition) is 2. The normalized spacial score (nSPS) is 29.1. The van der Waals surface area contributed by atoms with Crippen LogP contribution in [0.4, 0.5) is 0 Å². The molecule has 14 heavy (non-hydrogen) atoms. The van der Waals surface area contributed by atoms with Gasteiger partial charge in [0.2, 0.25) is 0 Å². The topological polar surface area (TPSA) is 20.3 Å². The van der Waals surface area contributed by atoms with E-state index in [9.17, 15) is 4.79 Å². The summed E-state index contributed by atoms with van der Waals surface area (Å²) >= 11 is 0. The molecule has 2 heteroatoms. The Bertz CT molecular complexity index is 210. The second-order valence-electron chi connectivity index (χ2n) is 5.10. The number of rotatable bonds is 3. The Labute approximate surface area is 87.7 Å². The molecule has 2 atom stereocenters. The van der Waals surface area contributed by atoms with Gasteiger partial charge in [-0.1, -0.05) is 20.8 Å². The predicted octanol–water partition coefficient (Wildman–Crippen LogP) is 2.33. The molecule has 82 valence electrons. The zero-order valence-corrected chi connectivity index (χ0v) is 10.1. The van der Waals surface area contributed by atoms with Crippen LogP contribution in [0, 0.1) is 11.8 Å². The van der Waals surface area contributed by atoms with Crippen molar-refractivity contribution in [2.45, 2.75) is 53.1 Å². The fraction of sp³-hybridized carbons (Fsp3) is 0.917. The summed E-state index contributed by atoms with van der Waals surface area (Å²) in [6.07, 6.45) is 1.17. The van der Waals surface area contributed by atoms with Crippen LogP contribution in [0.1, 0.15) is 41.0 Å². The maximum absolute atomic E-state index is 12.0. The third-order valence-electron chi connectivity index (χ3n) is 3.26. The van der Waals surface area contributed by atoms with Crippen LogP contribution < -0.4 is 0 Å². The molecule has 0 radical (unpaired) electrons. The summed E-state index contributed by atoms with van der Waals surface area (Å²) in [5, 5.41) is 0. The lowest BCUT2D eigenvalue weighted by Gasteiger charge is -2.30. The number of carbonyl (C=O) groups excluding carboxylic acids is 1. The number of likely N-dealkylation sites (tertiary alicyclic amines) is 1. The lowest BCUT2D eigenvalue weighted by molar-refractivity contribution is -0.127. The molecule has 0 bridgehead atoms. The van der Waals surface area contributed by atoms with Crippen molar-refractivity contribution in [2.75, 3.05) is 6.54 Å². The molecule has 0 aliphatic carbocycles. The van der Waals surface area contributed by atoms with Gasteiger partial charge in [0, 0.05) is 12.0 Å². The number of carbonyl (C=O) groups is 1. The van der Waals surface area contributed by atoms with E-state index in [4.69, 9.17) is 0 Å². The Hall–Kier alpha value is -0.370. The Kier molecular flexibility index (Phi) is 3.71. The average molecular weight is 197 g/mol. The van der Waals surface area contributed by atoms with Gasteiger partial charge in [-0.05, 0) is 32.7 Å². The first-order chi connectivity index (χ1) is 6.45. The molecule has 2 unspecified atom stereocenters. The number of nitrogens with zero attached hydrogens (tertiary/aromatic N) is 1. The van der Waals surface area contributed by atoms with Gasteiger partial charge >= 0.3 is 0 Å². The first kappa shape index (κ1) is 11.7. The Morgan fingerprint density at radius 3 is 2.29 bits per heavy atom. The average Bonchev–Trinajstić information content (AvgIpc) is 2.45. The minimum Gasteiger partial charge on any atom is -0.298 e. The highest BCUT2D eigenvalue weighted by molar-refractivity contribution is 5.86. The SMILES string of the molecule is CC(C)C(=O)C1C(C)CCN1C(C)C. The van der Waals surface area contributed by atoms with Gasteiger partial charge in [-0.25, -0.2) is 0 Å². The molecule has 0 N–H and O–H groups in total. The molecular formula is C12H23NO. The number of Topliss-reactive ketones (excluding diaryl/α,β-unsaturated/α-hetero) is 1. The molecule has 0 aromatic heterocycles. The van der Waals surface area contributed by atoms with Gasteiger partial charge in [0.1, 0.15) is 0 Å². The molecule has 1 rings (SSSR count). The molecule has 0 spiro atoms. The van der Waals surface area contributed by atoms with Crippen LogP contribution in [-0.4, -0.2) is 29.3 Å². The fourth-order valence-electron chi connectivity index (χ4n) is 2.34. The highest BCUT2D eigenvalue weighted by Gasteiger charge is 2.38. The fourth-order valence-corrected chi connectivity index (χ4v) is 2.34. The largest absolute Gasteiger partial charge is 0.298 e. The van der Waals surface area contributed by atoms with Crippen LogP contribution in [-0.2, 0) is 4.79 Å². The first-order valence-corrected chi connectivity index (χ1v) is 5.74. The van der Waals surface area contributed by atoms with Crippen molar-refractivity contribution < 1.29 is 4.79 Å². The highest BCUT2D eigenvalue weighted by Crippen LogP contribution is 2.28. The molecule has 0 saturated carbocycles. The van der Waals surface area contributed by atoms with E-state index in [0.29, 0.717) is 17.7 Å². The molecule has 1 aliphatic heterocycles. The van der Waals surface area contributed by atoms with E-state index in [2.05, 4.69) is 25.7 Å². The van der Waals surface area contributed by atoms with Crippen LogP contribution in [0.5, 0.6) is 0 Å². The van der Waals surface area contributed by atoms with Crippen molar-refractivity contribution >= 4 is 5.78 Å². The Morgan fingerprint density at radius 2 is 1.86 bits per heavy atom. The van der Waals surface area contributed by atoms with Crippen molar-refractivity contribution in [2.24, 2.45) is 11.8 Å². The van der Waals surface area contributed by atoms with Crippen molar-refractivity contribution in [3.05, 3.63) is 0 Å². The summed E-state index contributed by atoms with van der Waals surface area (Å²) in [6, 6.07) is 0.669. The zero-order valence-electron chi connectivity index (χ0n) is 10.1. The smallest absolute Gasteiger partial charge is 0.152 e. The van der Waals surface area contributed by atoms with E-state index in [-0.39, 0.29) is 12.0 Å². The second-order valence-corrected chi connectivity index (χ2v) is 5.10. The van der Waals surface area contributed by atoms with Gasteiger partial charge in [-0.15, -0.1) is 0 Å². The summed E-state index contributed by atoms with van der Waals surface area (Å²) in [7, 11) is 0. The zero-order chi connectivity index (χ0) is 10.9. The van der Waals surface area contributed by atoms with Crippen molar-refractivity contribution in [3.63, 3.8) is 0 Å². The molecule has 0 aromatic carbocycles. The van der Waals surface area contributed by atoms with E-state index in [0.717, 1.165) is 6.54 Å². The van der Waals surface area contributed by atoms with E-state index in [1.54, 1.807) is 0 Å². The summed E-state index contributed by atoms with van der Waals surface area (Å²) in [5.41, 5.74) is 0. The molecule has 0 amide bonds. The molecule has 1 saturated heterocycles. The van der Waals surface area contributed by atoms with Crippen molar-refractivity contribution in [3.8, 4) is 0 Å². The molecule has 2 nitrogen and oxygen atoms in total. The lowest BCUT2D eigenvalue weighted by atomic mass is 9.92. The van der Waals surface area contributed by atoms with Crippen molar-refractivity contribution in [1.29, 1.82) is 0 Å². The summed E-state index contributed by atoms with van der Waals surface area (Å²) in [6.45, 7) is 11.7. The summed E-state index contributed by atoms with van der Waals surface area (Å²) in [5.74, 6) is 1.12. The minimum absolute atomic E-state index is 0.168. The standard InChI is InChI=1S/C12H23NO/c1-8(2)12(14)11-10(5)6-7-13(11)9(3)4/h8-11H,6-7H2,1-5H3. The van der Waals surface area contributed by atoms with E-state index in [1.807, 2.05) is 13.8 Å². The van der Waals surface area contributed by atoms with Crippen LogP contribution in [0.15, 0.2) is 0 Å². The van der Waals surface area contributed by atoms with E-state index >= 15 is 0 Å². The summed E-state index contributed by atoms with van der Waals surface area (Å²) < 4.78 is 0. The molecule has 1 fully saturated rings. The molecule has 1 heterocycles.